The minimum Gasteiger partial charge on any atom is -0.375 e. The van der Waals surface area contributed by atoms with E-state index < -0.39 is 0 Å². The third kappa shape index (κ3) is 6.30. The zero-order chi connectivity index (χ0) is 14.8. The van der Waals surface area contributed by atoms with E-state index in [1.165, 1.54) is 11.1 Å². The molecule has 2 aromatic carbocycles. The highest BCUT2D eigenvalue weighted by molar-refractivity contribution is 6.18. The molecule has 0 aliphatic heterocycles. The Morgan fingerprint density at radius 1 is 0.810 bits per heavy atom. The van der Waals surface area contributed by atoms with Crippen molar-refractivity contribution < 1.29 is 4.74 Å². The third-order valence-corrected chi connectivity index (χ3v) is 3.48. The molecular weight excluding hydrogens is 282 g/mol. The summed E-state index contributed by atoms with van der Waals surface area (Å²) in [6.07, 6.45) is 0. The maximum absolute atomic E-state index is 5.89. The Bertz CT molecular complexity index is 489. The molecule has 0 aliphatic rings. The van der Waals surface area contributed by atoms with E-state index in [-0.39, 0.29) is 0 Å². The Balaban J connectivity index is 1.72. The maximum atomic E-state index is 5.89. The molecule has 0 aliphatic carbocycles. The Hall–Kier alpha value is -1.35. The predicted molar refractivity (Wildman–Crippen MR) is 88.5 cm³/mol. The molecule has 0 saturated carbocycles. The van der Waals surface area contributed by atoms with E-state index >= 15 is 0 Å². The predicted octanol–water partition coefficient (Wildman–Crippen LogP) is 3.94. The molecule has 2 aromatic rings. The van der Waals surface area contributed by atoms with Crippen LogP contribution in [0.25, 0.3) is 0 Å². The van der Waals surface area contributed by atoms with Gasteiger partial charge in [0.05, 0.1) is 13.2 Å². The maximum Gasteiger partial charge on any atom is 0.0717 e. The lowest BCUT2D eigenvalue weighted by atomic mass is 10.2. The molecule has 21 heavy (non-hydrogen) atoms. The van der Waals surface area contributed by atoms with Gasteiger partial charge in [-0.25, -0.2) is 0 Å². The molecule has 0 saturated heterocycles. The van der Waals surface area contributed by atoms with E-state index in [0.717, 1.165) is 26.2 Å². The molecule has 0 amide bonds. The first-order valence-corrected chi connectivity index (χ1v) is 7.86. The van der Waals surface area contributed by atoms with E-state index in [1.807, 2.05) is 24.3 Å². The average Bonchev–Trinajstić information content (AvgIpc) is 2.54. The molecule has 112 valence electrons. The molecule has 0 spiro atoms. The monoisotopic (exact) mass is 303 g/mol. The van der Waals surface area contributed by atoms with Gasteiger partial charge in [0.2, 0.25) is 0 Å². The van der Waals surface area contributed by atoms with Gasteiger partial charge < -0.3 is 4.74 Å². The van der Waals surface area contributed by atoms with Gasteiger partial charge in [-0.1, -0.05) is 60.7 Å². The van der Waals surface area contributed by atoms with Crippen molar-refractivity contribution in [3.8, 4) is 0 Å². The molecule has 2 rings (SSSR count). The van der Waals surface area contributed by atoms with Gasteiger partial charge in [-0.2, -0.15) is 0 Å². The summed E-state index contributed by atoms with van der Waals surface area (Å²) < 4.78 is 5.75. The van der Waals surface area contributed by atoms with Crippen molar-refractivity contribution >= 4 is 11.6 Å². The van der Waals surface area contributed by atoms with Crippen LogP contribution in [-0.2, 0) is 17.9 Å². The zero-order valence-corrected chi connectivity index (χ0v) is 13.0. The third-order valence-electron chi connectivity index (χ3n) is 3.31. The van der Waals surface area contributed by atoms with Crippen molar-refractivity contribution in [3.63, 3.8) is 0 Å². The Morgan fingerprint density at radius 2 is 1.43 bits per heavy atom. The number of benzene rings is 2. The summed E-state index contributed by atoms with van der Waals surface area (Å²) in [7, 11) is 0. The highest BCUT2D eigenvalue weighted by Crippen LogP contribution is 2.05. The first-order valence-electron chi connectivity index (χ1n) is 7.32. The summed E-state index contributed by atoms with van der Waals surface area (Å²) in [5.41, 5.74) is 2.52. The standard InChI is InChI=1S/C18H22ClNO/c19-11-12-20(15-17-7-3-1-4-8-17)13-14-21-16-18-9-5-2-6-10-18/h1-10H,11-16H2. The van der Waals surface area contributed by atoms with Crippen molar-refractivity contribution in [2.45, 2.75) is 13.2 Å². The van der Waals surface area contributed by atoms with Gasteiger partial charge in [-0.15, -0.1) is 11.6 Å². The quantitative estimate of drug-likeness (QED) is 0.514. The largest absolute Gasteiger partial charge is 0.375 e. The second-order valence-corrected chi connectivity index (χ2v) is 5.37. The van der Waals surface area contributed by atoms with Gasteiger partial charge in [-0.05, 0) is 11.1 Å². The van der Waals surface area contributed by atoms with Crippen LogP contribution >= 0.6 is 11.6 Å². The Labute approximate surface area is 132 Å². The van der Waals surface area contributed by atoms with Gasteiger partial charge in [-0.3, -0.25) is 4.90 Å². The number of hydrogen-bond acceptors (Lipinski definition) is 2. The first-order chi connectivity index (χ1) is 10.4. The van der Waals surface area contributed by atoms with Gasteiger partial charge in [0.1, 0.15) is 0 Å². The minimum atomic E-state index is 0.644. The molecule has 0 N–H and O–H groups in total. The molecular formula is C18H22ClNO. The van der Waals surface area contributed by atoms with Crippen LogP contribution in [0.5, 0.6) is 0 Å². The fourth-order valence-electron chi connectivity index (χ4n) is 2.19. The lowest BCUT2D eigenvalue weighted by molar-refractivity contribution is 0.0922. The van der Waals surface area contributed by atoms with Crippen LogP contribution in [0.15, 0.2) is 60.7 Å². The number of hydrogen-bond donors (Lipinski definition) is 0. The molecule has 3 heteroatoms. The highest BCUT2D eigenvalue weighted by Gasteiger charge is 2.05. The normalized spacial score (nSPS) is 11.0. The van der Waals surface area contributed by atoms with Crippen LogP contribution in [-0.4, -0.2) is 30.5 Å². The summed E-state index contributed by atoms with van der Waals surface area (Å²) in [5, 5.41) is 0. The molecule has 0 unspecified atom stereocenters. The molecule has 0 bridgehead atoms. The minimum absolute atomic E-state index is 0.644. The number of nitrogens with zero attached hydrogens (tertiary/aromatic N) is 1. The molecule has 0 heterocycles. The van der Waals surface area contributed by atoms with Crippen LogP contribution in [0.2, 0.25) is 0 Å². The summed E-state index contributed by atoms with van der Waals surface area (Å²) in [4.78, 5) is 2.33. The van der Waals surface area contributed by atoms with Crippen molar-refractivity contribution in [2.24, 2.45) is 0 Å². The van der Waals surface area contributed by atoms with E-state index in [2.05, 4.69) is 41.3 Å². The van der Waals surface area contributed by atoms with Gasteiger partial charge in [0.15, 0.2) is 0 Å². The van der Waals surface area contributed by atoms with E-state index in [9.17, 15) is 0 Å². The summed E-state index contributed by atoms with van der Waals surface area (Å²) in [6, 6.07) is 20.7. The summed E-state index contributed by atoms with van der Waals surface area (Å²) in [5.74, 6) is 0.644. The van der Waals surface area contributed by atoms with Crippen molar-refractivity contribution in [1.82, 2.24) is 4.90 Å². The zero-order valence-electron chi connectivity index (χ0n) is 12.2. The molecule has 0 aromatic heterocycles. The Kier molecular flexibility index (Phi) is 7.30. The first kappa shape index (κ1) is 16.0. The van der Waals surface area contributed by atoms with Crippen LogP contribution < -0.4 is 0 Å². The van der Waals surface area contributed by atoms with Gasteiger partial charge in [0, 0.05) is 25.5 Å². The number of halogens is 1. The lowest BCUT2D eigenvalue weighted by Gasteiger charge is -2.21. The lowest BCUT2D eigenvalue weighted by Crippen LogP contribution is -2.29. The summed E-state index contributed by atoms with van der Waals surface area (Å²) >= 11 is 5.89. The molecule has 0 fully saturated rings. The summed E-state index contributed by atoms with van der Waals surface area (Å²) in [6.45, 7) is 4.08. The van der Waals surface area contributed by atoms with Crippen LogP contribution in [0.3, 0.4) is 0 Å². The SMILES string of the molecule is ClCCN(CCOCc1ccccc1)Cc1ccccc1. The number of ether oxygens (including phenoxy) is 1. The Morgan fingerprint density at radius 3 is 2.05 bits per heavy atom. The van der Waals surface area contributed by atoms with Crippen LogP contribution in [0, 0.1) is 0 Å². The van der Waals surface area contributed by atoms with E-state index in [1.54, 1.807) is 0 Å². The van der Waals surface area contributed by atoms with Crippen LogP contribution in [0.1, 0.15) is 11.1 Å². The second kappa shape index (κ2) is 9.56. The van der Waals surface area contributed by atoms with Gasteiger partial charge >= 0.3 is 0 Å². The number of rotatable bonds is 9. The fourth-order valence-corrected chi connectivity index (χ4v) is 2.43. The van der Waals surface area contributed by atoms with E-state index in [4.69, 9.17) is 16.3 Å². The molecule has 2 nitrogen and oxygen atoms in total. The van der Waals surface area contributed by atoms with Crippen molar-refractivity contribution in [1.29, 1.82) is 0 Å². The second-order valence-electron chi connectivity index (χ2n) is 4.99. The van der Waals surface area contributed by atoms with Gasteiger partial charge in [0.25, 0.3) is 0 Å². The van der Waals surface area contributed by atoms with Crippen LogP contribution in [0.4, 0.5) is 0 Å². The van der Waals surface area contributed by atoms with Crippen molar-refractivity contribution in [2.75, 3.05) is 25.6 Å². The fraction of sp³-hybridized carbons (Fsp3) is 0.333. The van der Waals surface area contributed by atoms with Crippen molar-refractivity contribution in [3.05, 3.63) is 71.8 Å². The topological polar surface area (TPSA) is 12.5 Å². The smallest absolute Gasteiger partial charge is 0.0717 e. The number of alkyl halides is 1. The molecule has 0 radical (unpaired) electrons. The average molecular weight is 304 g/mol. The van der Waals surface area contributed by atoms with E-state index in [0.29, 0.717) is 12.5 Å². The molecule has 0 atom stereocenters. The highest BCUT2D eigenvalue weighted by atomic mass is 35.5.